The number of anilines is 1. The smallest absolute Gasteiger partial charge is 0.339 e. The van der Waals surface area contributed by atoms with Gasteiger partial charge in [-0.2, -0.15) is 5.10 Å². The summed E-state index contributed by atoms with van der Waals surface area (Å²) in [6, 6.07) is 0.240. The molecular formula is C13H21N3O2. The highest BCUT2D eigenvalue weighted by Gasteiger charge is 2.22. The Kier molecular flexibility index (Phi) is 4.64. The Labute approximate surface area is 108 Å². The molecule has 0 saturated heterocycles. The van der Waals surface area contributed by atoms with Crippen molar-refractivity contribution in [2.24, 2.45) is 0 Å². The molecule has 5 nitrogen and oxygen atoms in total. The highest BCUT2D eigenvalue weighted by molar-refractivity contribution is 5.95. The first-order chi connectivity index (χ1) is 8.40. The molecule has 1 aromatic rings. The predicted molar refractivity (Wildman–Crippen MR) is 71.2 cm³/mol. The van der Waals surface area contributed by atoms with Gasteiger partial charge >= 0.3 is 5.97 Å². The molecule has 100 valence electrons. The first-order valence-electron chi connectivity index (χ1n) is 6.20. The fourth-order valence-corrected chi connectivity index (χ4v) is 1.92. The molecular weight excluding hydrogens is 230 g/mol. The topological polar surface area (TPSA) is 66.3 Å². The van der Waals surface area contributed by atoms with E-state index in [0.717, 1.165) is 12.8 Å². The summed E-state index contributed by atoms with van der Waals surface area (Å²) in [5.41, 5.74) is 1.60. The molecule has 1 rings (SSSR count). The van der Waals surface area contributed by atoms with Crippen molar-refractivity contribution in [1.82, 2.24) is 10.2 Å². The minimum Gasteiger partial charge on any atom is -0.478 e. The summed E-state index contributed by atoms with van der Waals surface area (Å²) >= 11 is 0. The summed E-state index contributed by atoms with van der Waals surface area (Å²) in [6.07, 6.45) is 2.04. The molecule has 0 aliphatic carbocycles. The lowest BCUT2D eigenvalue weighted by Crippen LogP contribution is -2.31. The van der Waals surface area contributed by atoms with Crippen molar-refractivity contribution in [2.45, 2.75) is 46.6 Å². The van der Waals surface area contributed by atoms with E-state index in [1.54, 1.807) is 13.8 Å². The van der Waals surface area contributed by atoms with Crippen molar-refractivity contribution in [3.63, 3.8) is 0 Å². The van der Waals surface area contributed by atoms with Crippen LogP contribution >= 0.6 is 0 Å². The number of nitrogens with zero attached hydrogens (tertiary/aromatic N) is 3. The zero-order chi connectivity index (χ0) is 13.9. The van der Waals surface area contributed by atoms with Crippen LogP contribution in [0.25, 0.3) is 0 Å². The normalized spacial score (nSPS) is 12.3. The third-order valence-electron chi connectivity index (χ3n) is 3.35. The second-order valence-corrected chi connectivity index (χ2v) is 4.66. The number of hydrogen-bond acceptors (Lipinski definition) is 4. The molecule has 5 heteroatoms. The van der Waals surface area contributed by atoms with Gasteiger partial charge in [0.2, 0.25) is 0 Å². The fourth-order valence-electron chi connectivity index (χ4n) is 1.92. The van der Waals surface area contributed by atoms with E-state index >= 15 is 0 Å². The summed E-state index contributed by atoms with van der Waals surface area (Å²) < 4.78 is 0. The van der Waals surface area contributed by atoms with E-state index in [9.17, 15) is 9.90 Å². The highest BCUT2D eigenvalue weighted by atomic mass is 16.4. The van der Waals surface area contributed by atoms with E-state index in [4.69, 9.17) is 0 Å². The van der Waals surface area contributed by atoms with E-state index in [-0.39, 0.29) is 11.6 Å². The number of aromatic carboxylic acids is 1. The van der Waals surface area contributed by atoms with Crippen LogP contribution < -0.4 is 4.90 Å². The third kappa shape index (κ3) is 2.78. The van der Waals surface area contributed by atoms with Gasteiger partial charge in [-0.3, -0.25) is 0 Å². The lowest BCUT2D eigenvalue weighted by molar-refractivity contribution is 0.0696. The number of aryl methyl sites for hydroxylation is 1. The van der Waals surface area contributed by atoms with Gasteiger partial charge in [0, 0.05) is 13.1 Å². The Hall–Kier alpha value is -1.65. The molecule has 0 amide bonds. The molecule has 0 radical (unpaired) electrons. The van der Waals surface area contributed by atoms with Gasteiger partial charge in [0.1, 0.15) is 5.56 Å². The van der Waals surface area contributed by atoms with Crippen LogP contribution in [0.1, 0.15) is 48.3 Å². The van der Waals surface area contributed by atoms with Gasteiger partial charge in [-0.25, -0.2) is 4.79 Å². The Morgan fingerprint density at radius 3 is 2.50 bits per heavy atom. The van der Waals surface area contributed by atoms with Crippen molar-refractivity contribution < 1.29 is 9.90 Å². The molecule has 0 fully saturated rings. The molecule has 0 bridgehead atoms. The maximum Gasteiger partial charge on any atom is 0.339 e. The van der Waals surface area contributed by atoms with Crippen LogP contribution in [-0.4, -0.2) is 34.4 Å². The van der Waals surface area contributed by atoms with E-state index in [2.05, 4.69) is 24.0 Å². The Morgan fingerprint density at radius 1 is 1.39 bits per heavy atom. The van der Waals surface area contributed by atoms with Crippen LogP contribution in [-0.2, 0) is 0 Å². The minimum absolute atomic E-state index is 0.240. The number of carboxylic acids is 1. The van der Waals surface area contributed by atoms with Gasteiger partial charge < -0.3 is 10.0 Å². The zero-order valence-corrected chi connectivity index (χ0v) is 11.7. The average Bonchev–Trinajstić information content (AvgIpc) is 2.31. The molecule has 0 aromatic carbocycles. The number of carboxylic acid groups (broad SMARTS) is 1. The molecule has 0 aliphatic heterocycles. The number of hydrogen-bond donors (Lipinski definition) is 1. The summed E-state index contributed by atoms with van der Waals surface area (Å²) in [7, 11) is 1.87. The molecule has 1 aromatic heterocycles. The molecule has 0 aliphatic rings. The lowest BCUT2D eigenvalue weighted by Gasteiger charge is -2.27. The summed E-state index contributed by atoms with van der Waals surface area (Å²) in [6.45, 7) is 7.71. The van der Waals surface area contributed by atoms with E-state index in [1.807, 2.05) is 11.9 Å². The Bertz CT molecular complexity index is 446. The van der Waals surface area contributed by atoms with Gasteiger partial charge in [0.05, 0.1) is 5.69 Å². The van der Waals surface area contributed by atoms with Crippen molar-refractivity contribution in [2.75, 3.05) is 11.9 Å². The number of carbonyl (C=O) groups is 1. The van der Waals surface area contributed by atoms with E-state index in [0.29, 0.717) is 17.1 Å². The quantitative estimate of drug-likeness (QED) is 0.870. The lowest BCUT2D eigenvalue weighted by atomic mass is 10.1. The van der Waals surface area contributed by atoms with Crippen LogP contribution in [0.3, 0.4) is 0 Å². The van der Waals surface area contributed by atoms with Gasteiger partial charge in [0.25, 0.3) is 0 Å². The van der Waals surface area contributed by atoms with Crippen molar-refractivity contribution in [3.8, 4) is 0 Å². The summed E-state index contributed by atoms with van der Waals surface area (Å²) in [4.78, 5) is 13.3. The molecule has 0 spiro atoms. The summed E-state index contributed by atoms with van der Waals surface area (Å²) in [5, 5.41) is 17.4. The van der Waals surface area contributed by atoms with Gasteiger partial charge in [-0.05, 0) is 32.8 Å². The number of rotatable bonds is 5. The first-order valence-corrected chi connectivity index (χ1v) is 6.20. The van der Waals surface area contributed by atoms with Crippen molar-refractivity contribution >= 4 is 11.8 Å². The Morgan fingerprint density at radius 2 is 2.00 bits per heavy atom. The minimum atomic E-state index is -0.948. The SMILES string of the molecule is CCCC(C)N(C)c1nnc(C)c(C)c1C(=O)O. The van der Waals surface area contributed by atoms with Crippen LogP contribution in [0, 0.1) is 13.8 Å². The Balaban J connectivity index is 3.24. The standard InChI is InChI=1S/C13H21N3O2/c1-6-7-8(2)16(5)12-11(13(17)18)9(3)10(4)14-15-12/h8H,6-7H2,1-5H3,(H,17,18). The fraction of sp³-hybridized carbons (Fsp3) is 0.615. The number of aromatic nitrogens is 2. The largest absolute Gasteiger partial charge is 0.478 e. The average molecular weight is 251 g/mol. The third-order valence-corrected chi connectivity index (χ3v) is 3.35. The van der Waals surface area contributed by atoms with E-state index in [1.165, 1.54) is 0 Å². The molecule has 18 heavy (non-hydrogen) atoms. The van der Waals surface area contributed by atoms with Crippen LogP contribution in [0.15, 0.2) is 0 Å². The zero-order valence-electron chi connectivity index (χ0n) is 11.7. The molecule has 1 N–H and O–H groups in total. The van der Waals surface area contributed by atoms with Crippen molar-refractivity contribution in [3.05, 3.63) is 16.8 Å². The van der Waals surface area contributed by atoms with Gasteiger partial charge in [0.15, 0.2) is 5.82 Å². The van der Waals surface area contributed by atoms with Crippen LogP contribution in [0.5, 0.6) is 0 Å². The van der Waals surface area contributed by atoms with Crippen molar-refractivity contribution in [1.29, 1.82) is 0 Å². The highest BCUT2D eigenvalue weighted by Crippen LogP contribution is 2.23. The summed E-state index contributed by atoms with van der Waals surface area (Å²) in [5.74, 6) is -0.498. The molecule has 0 saturated carbocycles. The van der Waals surface area contributed by atoms with E-state index < -0.39 is 5.97 Å². The monoisotopic (exact) mass is 251 g/mol. The van der Waals surface area contributed by atoms with Gasteiger partial charge in [-0.15, -0.1) is 5.10 Å². The second kappa shape index (κ2) is 5.80. The molecule has 1 atom stereocenters. The second-order valence-electron chi connectivity index (χ2n) is 4.66. The predicted octanol–water partition coefficient (Wildman–Crippen LogP) is 2.42. The maximum atomic E-state index is 11.4. The first kappa shape index (κ1) is 14.4. The maximum absolute atomic E-state index is 11.4. The van der Waals surface area contributed by atoms with Gasteiger partial charge in [-0.1, -0.05) is 13.3 Å². The molecule has 1 unspecified atom stereocenters. The van der Waals surface area contributed by atoms with Crippen LogP contribution in [0.4, 0.5) is 5.82 Å². The van der Waals surface area contributed by atoms with Crippen LogP contribution in [0.2, 0.25) is 0 Å². The molecule has 1 heterocycles.